The first-order valence-corrected chi connectivity index (χ1v) is 9.58. The summed E-state index contributed by atoms with van der Waals surface area (Å²) in [4.78, 5) is 14.4. The summed E-state index contributed by atoms with van der Waals surface area (Å²) in [6.07, 6.45) is -5.80. The molecule has 0 saturated carbocycles. The summed E-state index contributed by atoms with van der Waals surface area (Å²) in [6, 6.07) is 7.87. The minimum absolute atomic E-state index is 0.0343. The monoisotopic (exact) mass is 441 g/mol. The predicted octanol–water partition coefficient (Wildman–Crippen LogP) is 4.96. The Kier molecular flexibility index (Phi) is 4.46. The quantitative estimate of drug-likeness (QED) is 0.671. The third-order valence-electron chi connectivity index (χ3n) is 6.30. The molecule has 0 aromatic heterocycles. The molecule has 2 aromatic rings. The van der Waals surface area contributed by atoms with Crippen LogP contribution in [0, 0.1) is 0 Å². The highest BCUT2D eigenvalue weighted by Gasteiger charge is 2.60. The van der Waals surface area contributed by atoms with Gasteiger partial charge in [-0.15, -0.1) is 0 Å². The fraction of sp³-hybridized carbons (Fsp3) is 0.409. The SMILES string of the molecule is CC1(C)Oc2ccc(C(F)(F)C(F)(F)F)cc2C(N2Cc3ccccc3C2=O)C1(C)O. The molecule has 2 heterocycles. The van der Waals surface area contributed by atoms with Gasteiger partial charge in [-0.25, -0.2) is 0 Å². The van der Waals surface area contributed by atoms with Crippen LogP contribution in [0.15, 0.2) is 42.5 Å². The molecule has 4 rings (SSSR count). The normalized spacial score (nSPS) is 25.1. The molecule has 0 saturated heterocycles. The zero-order chi connectivity index (χ0) is 23.0. The van der Waals surface area contributed by atoms with E-state index in [9.17, 15) is 31.9 Å². The number of carbonyl (C=O) groups is 1. The number of fused-ring (bicyclic) bond motifs is 2. The van der Waals surface area contributed by atoms with Gasteiger partial charge in [0.15, 0.2) is 0 Å². The van der Waals surface area contributed by atoms with E-state index in [1.54, 1.807) is 38.1 Å². The van der Waals surface area contributed by atoms with Crippen LogP contribution in [0.3, 0.4) is 0 Å². The molecule has 2 atom stereocenters. The molecule has 2 aliphatic rings. The molecule has 2 aliphatic heterocycles. The van der Waals surface area contributed by atoms with Crippen molar-refractivity contribution in [3.05, 3.63) is 64.7 Å². The molecule has 31 heavy (non-hydrogen) atoms. The largest absolute Gasteiger partial charge is 0.484 e. The molecular weight excluding hydrogens is 421 g/mol. The molecule has 0 radical (unpaired) electrons. The minimum atomic E-state index is -5.80. The first kappa shape index (κ1) is 21.5. The summed E-state index contributed by atoms with van der Waals surface area (Å²) >= 11 is 0. The van der Waals surface area contributed by atoms with Gasteiger partial charge in [0.1, 0.15) is 17.0 Å². The van der Waals surface area contributed by atoms with Crippen molar-refractivity contribution in [1.29, 1.82) is 0 Å². The van der Waals surface area contributed by atoms with Crippen LogP contribution in [0.1, 0.15) is 53.9 Å². The lowest BCUT2D eigenvalue weighted by atomic mass is 9.74. The second-order valence-corrected chi connectivity index (χ2v) is 8.58. The summed E-state index contributed by atoms with van der Waals surface area (Å²) in [5.74, 6) is -5.52. The Bertz CT molecular complexity index is 1060. The average Bonchev–Trinajstić information content (AvgIpc) is 2.97. The Morgan fingerprint density at radius 2 is 1.71 bits per heavy atom. The van der Waals surface area contributed by atoms with Gasteiger partial charge in [0.05, 0.1) is 6.04 Å². The number of nitrogens with zero attached hydrogens (tertiary/aromatic N) is 1. The van der Waals surface area contributed by atoms with Gasteiger partial charge in [-0.1, -0.05) is 18.2 Å². The number of benzene rings is 2. The van der Waals surface area contributed by atoms with Gasteiger partial charge in [0, 0.05) is 23.2 Å². The van der Waals surface area contributed by atoms with Gasteiger partial charge in [0.2, 0.25) is 0 Å². The summed E-state index contributed by atoms with van der Waals surface area (Å²) in [5, 5.41) is 11.4. The predicted molar refractivity (Wildman–Crippen MR) is 101 cm³/mol. The van der Waals surface area contributed by atoms with Crippen LogP contribution in [0.5, 0.6) is 5.75 Å². The lowest BCUT2D eigenvalue weighted by molar-refractivity contribution is -0.289. The van der Waals surface area contributed by atoms with Crippen LogP contribution in [-0.2, 0) is 12.5 Å². The lowest BCUT2D eigenvalue weighted by Crippen LogP contribution is -2.62. The topological polar surface area (TPSA) is 49.8 Å². The second-order valence-electron chi connectivity index (χ2n) is 8.58. The van der Waals surface area contributed by atoms with E-state index in [2.05, 4.69) is 0 Å². The van der Waals surface area contributed by atoms with Crippen LogP contribution >= 0.6 is 0 Å². The number of rotatable bonds is 2. The average molecular weight is 441 g/mol. The molecule has 1 N–H and O–H groups in total. The van der Waals surface area contributed by atoms with Crippen molar-refractivity contribution in [3.8, 4) is 5.75 Å². The number of amides is 1. The Labute approximate surface area is 175 Å². The Morgan fingerprint density at radius 1 is 1.06 bits per heavy atom. The van der Waals surface area contributed by atoms with Crippen LogP contribution < -0.4 is 4.74 Å². The highest BCUT2D eigenvalue weighted by atomic mass is 19.4. The Morgan fingerprint density at radius 3 is 2.32 bits per heavy atom. The van der Waals surface area contributed by atoms with E-state index in [1.807, 2.05) is 0 Å². The number of halogens is 5. The fourth-order valence-electron chi connectivity index (χ4n) is 4.18. The third kappa shape index (κ3) is 3.01. The summed E-state index contributed by atoms with van der Waals surface area (Å²) < 4.78 is 72.8. The van der Waals surface area contributed by atoms with Crippen LogP contribution in [0.4, 0.5) is 22.0 Å². The number of aliphatic hydroxyl groups is 1. The number of ether oxygens (including phenoxy) is 1. The molecule has 0 spiro atoms. The zero-order valence-electron chi connectivity index (χ0n) is 16.9. The fourth-order valence-corrected chi connectivity index (χ4v) is 4.18. The van der Waals surface area contributed by atoms with Crippen molar-refractivity contribution in [2.75, 3.05) is 0 Å². The van der Waals surface area contributed by atoms with E-state index >= 15 is 0 Å². The zero-order valence-corrected chi connectivity index (χ0v) is 16.9. The van der Waals surface area contributed by atoms with Gasteiger partial charge >= 0.3 is 12.1 Å². The van der Waals surface area contributed by atoms with Gasteiger partial charge < -0.3 is 14.7 Å². The highest BCUT2D eigenvalue weighted by molar-refractivity contribution is 5.98. The van der Waals surface area contributed by atoms with E-state index in [0.29, 0.717) is 23.3 Å². The summed E-state index contributed by atoms with van der Waals surface area (Å²) in [5.41, 5.74) is -3.40. The van der Waals surface area contributed by atoms with Crippen molar-refractivity contribution in [3.63, 3.8) is 0 Å². The number of alkyl halides is 5. The molecular formula is C22H20F5NO3. The maximum Gasteiger partial charge on any atom is 0.458 e. The van der Waals surface area contributed by atoms with Gasteiger partial charge in [-0.05, 0) is 50.6 Å². The minimum Gasteiger partial charge on any atom is -0.484 e. The molecule has 0 bridgehead atoms. The number of hydrogen-bond donors (Lipinski definition) is 1. The number of carbonyl (C=O) groups excluding carboxylic acids is 1. The molecule has 2 unspecified atom stereocenters. The van der Waals surface area contributed by atoms with Gasteiger partial charge in [0.25, 0.3) is 5.91 Å². The van der Waals surface area contributed by atoms with Crippen LogP contribution in [0.25, 0.3) is 0 Å². The van der Waals surface area contributed by atoms with Gasteiger partial charge in [-0.3, -0.25) is 4.79 Å². The summed E-state index contributed by atoms with van der Waals surface area (Å²) in [7, 11) is 0. The van der Waals surface area contributed by atoms with E-state index in [0.717, 1.165) is 6.07 Å². The number of hydrogen-bond acceptors (Lipinski definition) is 3. The van der Waals surface area contributed by atoms with Crippen molar-refractivity contribution in [2.24, 2.45) is 0 Å². The molecule has 4 nitrogen and oxygen atoms in total. The first-order chi connectivity index (χ1) is 14.2. The van der Waals surface area contributed by atoms with Crippen molar-refractivity contribution < 1.29 is 36.6 Å². The van der Waals surface area contributed by atoms with Gasteiger partial charge in [-0.2, -0.15) is 22.0 Å². The van der Waals surface area contributed by atoms with Crippen LogP contribution in [-0.4, -0.2) is 33.3 Å². The van der Waals surface area contributed by atoms with Crippen molar-refractivity contribution >= 4 is 5.91 Å². The molecule has 0 fully saturated rings. The second kappa shape index (κ2) is 6.41. The standard InChI is InChI=1S/C22H20F5NO3/c1-19(2)20(3,30)17(28-11-12-6-4-5-7-14(12)18(28)29)15-10-13(8-9-16(15)31-19)21(23,24)22(25,26)27/h4-10,17,30H,11H2,1-3H3. The molecule has 0 aliphatic carbocycles. The maximum absolute atomic E-state index is 14.1. The lowest BCUT2D eigenvalue weighted by Gasteiger charge is -2.52. The maximum atomic E-state index is 14.1. The third-order valence-corrected chi connectivity index (χ3v) is 6.30. The van der Waals surface area contributed by atoms with E-state index in [-0.39, 0.29) is 17.9 Å². The van der Waals surface area contributed by atoms with E-state index < -0.39 is 40.8 Å². The highest BCUT2D eigenvalue weighted by Crippen LogP contribution is 2.53. The van der Waals surface area contributed by atoms with Crippen molar-refractivity contribution in [2.45, 2.75) is 56.7 Å². The Hall–Kier alpha value is -2.68. The molecule has 166 valence electrons. The Balaban J connectivity index is 1.89. The van der Waals surface area contributed by atoms with Crippen LogP contribution in [0.2, 0.25) is 0 Å². The van der Waals surface area contributed by atoms with E-state index in [4.69, 9.17) is 4.74 Å². The van der Waals surface area contributed by atoms with E-state index in [1.165, 1.54) is 11.8 Å². The molecule has 2 aromatic carbocycles. The molecule has 1 amide bonds. The smallest absolute Gasteiger partial charge is 0.458 e. The first-order valence-electron chi connectivity index (χ1n) is 9.58. The van der Waals surface area contributed by atoms with Crippen molar-refractivity contribution in [1.82, 2.24) is 4.90 Å². The molecule has 9 heteroatoms. The summed E-state index contributed by atoms with van der Waals surface area (Å²) in [6.45, 7) is 4.58.